The molecule has 0 aliphatic carbocycles. The fraction of sp³-hybridized carbons (Fsp3) is 0.222. The number of halogens is 1. The monoisotopic (exact) mass is 417 g/mol. The summed E-state index contributed by atoms with van der Waals surface area (Å²) in [7, 11) is 0. The van der Waals surface area contributed by atoms with E-state index in [1.54, 1.807) is 25.3 Å². The molecule has 0 saturated heterocycles. The van der Waals surface area contributed by atoms with Crippen molar-refractivity contribution in [3.05, 3.63) is 90.9 Å². The summed E-state index contributed by atoms with van der Waals surface area (Å²) >= 11 is 0. The highest BCUT2D eigenvalue weighted by atomic mass is 19.1. The predicted octanol–water partition coefficient (Wildman–Crippen LogP) is 6.68. The van der Waals surface area contributed by atoms with Crippen molar-refractivity contribution in [3.63, 3.8) is 0 Å². The van der Waals surface area contributed by atoms with Gasteiger partial charge >= 0.3 is 0 Å². The Bertz CT molecular complexity index is 1010. The zero-order valence-corrected chi connectivity index (χ0v) is 17.8. The number of aliphatic hydroxyl groups is 1. The molecule has 1 N–H and O–H groups in total. The van der Waals surface area contributed by atoms with Crippen LogP contribution in [0.5, 0.6) is 5.75 Å². The average molecular weight is 418 g/mol. The SMILES string of the molecule is C=CCOc1ccc(-c2ccc(-c3ccc(/C=C/CCCC(C)O)cc3F)nc2)cc1. The minimum absolute atomic E-state index is 0.278. The van der Waals surface area contributed by atoms with Crippen LogP contribution in [0.25, 0.3) is 28.5 Å². The molecule has 0 aliphatic heterocycles. The van der Waals surface area contributed by atoms with Gasteiger partial charge in [0.05, 0.1) is 11.8 Å². The van der Waals surface area contributed by atoms with Crippen LogP contribution in [0.2, 0.25) is 0 Å². The summed E-state index contributed by atoms with van der Waals surface area (Å²) in [4.78, 5) is 4.46. The number of hydrogen-bond acceptors (Lipinski definition) is 3. The molecule has 0 bridgehead atoms. The van der Waals surface area contributed by atoms with E-state index in [1.807, 2.05) is 54.6 Å². The number of hydrogen-bond donors (Lipinski definition) is 1. The van der Waals surface area contributed by atoms with Crippen molar-refractivity contribution in [2.75, 3.05) is 6.61 Å². The van der Waals surface area contributed by atoms with Crippen molar-refractivity contribution < 1.29 is 14.2 Å². The third kappa shape index (κ3) is 6.63. The molecule has 1 heterocycles. The number of allylic oxidation sites excluding steroid dienone is 1. The summed E-state index contributed by atoms with van der Waals surface area (Å²) < 4.78 is 20.2. The number of rotatable bonds is 10. The number of ether oxygens (including phenoxy) is 1. The van der Waals surface area contributed by atoms with E-state index in [4.69, 9.17) is 4.74 Å². The van der Waals surface area contributed by atoms with Crippen LogP contribution >= 0.6 is 0 Å². The molecule has 0 fully saturated rings. The molecule has 4 heteroatoms. The number of aromatic nitrogens is 1. The Labute approximate surface area is 183 Å². The van der Waals surface area contributed by atoms with E-state index in [9.17, 15) is 9.50 Å². The van der Waals surface area contributed by atoms with Crippen molar-refractivity contribution in [1.29, 1.82) is 0 Å². The van der Waals surface area contributed by atoms with E-state index in [1.165, 1.54) is 6.07 Å². The second kappa shape index (κ2) is 11.2. The van der Waals surface area contributed by atoms with Gasteiger partial charge in [0.2, 0.25) is 0 Å². The first-order chi connectivity index (χ1) is 15.1. The highest BCUT2D eigenvalue weighted by Gasteiger charge is 2.08. The first-order valence-corrected chi connectivity index (χ1v) is 10.5. The van der Waals surface area contributed by atoms with Crippen LogP contribution < -0.4 is 4.74 Å². The fourth-order valence-electron chi connectivity index (χ4n) is 3.22. The maximum absolute atomic E-state index is 14.7. The van der Waals surface area contributed by atoms with E-state index in [0.29, 0.717) is 17.9 Å². The minimum Gasteiger partial charge on any atom is -0.490 e. The average Bonchev–Trinajstić information content (AvgIpc) is 2.78. The van der Waals surface area contributed by atoms with Gasteiger partial charge in [-0.25, -0.2) is 4.39 Å². The van der Waals surface area contributed by atoms with Gasteiger partial charge in [0.25, 0.3) is 0 Å². The lowest BCUT2D eigenvalue weighted by Gasteiger charge is -2.07. The van der Waals surface area contributed by atoms with E-state index >= 15 is 0 Å². The highest BCUT2D eigenvalue weighted by molar-refractivity contribution is 5.68. The molecule has 2 aromatic carbocycles. The molecule has 0 radical (unpaired) electrons. The number of aliphatic hydroxyl groups excluding tert-OH is 1. The summed E-state index contributed by atoms with van der Waals surface area (Å²) in [5.74, 6) is 0.488. The van der Waals surface area contributed by atoms with E-state index < -0.39 is 0 Å². The molecule has 1 unspecified atom stereocenters. The Kier molecular flexibility index (Phi) is 8.13. The van der Waals surface area contributed by atoms with Gasteiger partial charge in [-0.2, -0.15) is 0 Å². The van der Waals surface area contributed by atoms with Gasteiger partial charge in [0.15, 0.2) is 0 Å². The van der Waals surface area contributed by atoms with E-state index in [0.717, 1.165) is 41.7 Å². The van der Waals surface area contributed by atoms with Crippen LogP contribution in [0.4, 0.5) is 4.39 Å². The first kappa shape index (κ1) is 22.4. The van der Waals surface area contributed by atoms with Crippen LogP contribution in [0, 0.1) is 5.82 Å². The molecular weight excluding hydrogens is 389 g/mol. The van der Waals surface area contributed by atoms with Crippen LogP contribution in [0.1, 0.15) is 31.7 Å². The fourth-order valence-corrected chi connectivity index (χ4v) is 3.22. The number of pyridine rings is 1. The molecule has 0 amide bonds. The molecule has 31 heavy (non-hydrogen) atoms. The van der Waals surface area contributed by atoms with Gasteiger partial charge in [-0.15, -0.1) is 0 Å². The first-order valence-electron chi connectivity index (χ1n) is 10.5. The molecule has 1 aromatic heterocycles. The molecule has 160 valence electrons. The van der Waals surface area contributed by atoms with Gasteiger partial charge in [-0.3, -0.25) is 4.98 Å². The third-order valence-electron chi connectivity index (χ3n) is 4.89. The maximum atomic E-state index is 14.7. The van der Waals surface area contributed by atoms with Gasteiger partial charge in [0, 0.05) is 17.3 Å². The molecular formula is C27H28FNO2. The summed E-state index contributed by atoms with van der Waals surface area (Å²) in [6.07, 6.45) is 9.65. The summed E-state index contributed by atoms with van der Waals surface area (Å²) in [6.45, 7) is 5.90. The van der Waals surface area contributed by atoms with Crippen LogP contribution in [0.3, 0.4) is 0 Å². The normalized spacial score (nSPS) is 12.1. The third-order valence-corrected chi connectivity index (χ3v) is 4.89. The van der Waals surface area contributed by atoms with Crippen molar-refractivity contribution >= 4 is 6.08 Å². The molecule has 0 spiro atoms. The molecule has 3 aromatic rings. The lowest BCUT2D eigenvalue weighted by atomic mass is 10.0. The Balaban J connectivity index is 1.66. The van der Waals surface area contributed by atoms with Crippen molar-refractivity contribution in [2.45, 2.75) is 32.3 Å². The quantitative estimate of drug-likeness (QED) is 0.295. The topological polar surface area (TPSA) is 42.4 Å². The smallest absolute Gasteiger partial charge is 0.133 e. The van der Waals surface area contributed by atoms with Crippen LogP contribution in [-0.2, 0) is 0 Å². The summed E-state index contributed by atoms with van der Waals surface area (Å²) in [5.41, 5.74) is 3.86. The Hall–Kier alpha value is -3.24. The number of benzene rings is 2. The lowest BCUT2D eigenvalue weighted by molar-refractivity contribution is 0.182. The molecule has 3 nitrogen and oxygen atoms in total. The maximum Gasteiger partial charge on any atom is 0.133 e. The molecule has 0 aliphatic rings. The largest absolute Gasteiger partial charge is 0.490 e. The lowest BCUT2D eigenvalue weighted by Crippen LogP contribution is -1.97. The Morgan fingerprint density at radius 1 is 1.10 bits per heavy atom. The zero-order valence-electron chi connectivity index (χ0n) is 17.8. The summed E-state index contributed by atoms with van der Waals surface area (Å²) in [6, 6.07) is 16.7. The van der Waals surface area contributed by atoms with Gasteiger partial charge in [-0.1, -0.05) is 49.1 Å². The summed E-state index contributed by atoms with van der Waals surface area (Å²) in [5, 5.41) is 9.28. The van der Waals surface area contributed by atoms with Crippen molar-refractivity contribution in [1.82, 2.24) is 4.98 Å². The Morgan fingerprint density at radius 2 is 1.87 bits per heavy atom. The molecule has 0 saturated carbocycles. The van der Waals surface area contributed by atoms with Crippen molar-refractivity contribution in [2.24, 2.45) is 0 Å². The second-order valence-corrected chi connectivity index (χ2v) is 7.48. The van der Waals surface area contributed by atoms with Crippen molar-refractivity contribution in [3.8, 4) is 28.1 Å². The van der Waals surface area contributed by atoms with Gasteiger partial charge in [0.1, 0.15) is 18.2 Å². The standard InChI is InChI=1S/C27H28FNO2/c1-3-17-31-24-13-10-22(11-14-24)23-12-16-27(29-19-23)25-15-9-21(18-26(25)28)8-6-4-5-7-20(2)30/h3,6,8-16,18-20,30H,1,4-5,7,17H2,2H3/b8-6+. The molecule has 3 rings (SSSR count). The number of nitrogens with zero attached hydrogens (tertiary/aromatic N) is 1. The van der Waals surface area contributed by atoms with Crippen LogP contribution in [-0.4, -0.2) is 22.8 Å². The highest BCUT2D eigenvalue weighted by Crippen LogP contribution is 2.26. The van der Waals surface area contributed by atoms with Crippen LogP contribution in [0.15, 0.2) is 79.5 Å². The van der Waals surface area contributed by atoms with Gasteiger partial charge < -0.3 is 9.84 Å². The predicted molar refractivity (Wildman–Crippen MR) is 125 cm³/mol. The van der Waals surface area contributed by atoms with Gasteiger partial charge in [-0.05, 0) is 67.6 Å². The van der Waals surface area contributed by atoms with E-state index in [2.05, 4.69) is 11.6 Å². The Morgan fingerprint density at radius 3 is 2.52 bits per heavy atom. The zero-order chi connectivity index (χ0) is 22.1. The minimum atomic E-state index is -0.296. The van der Waals surface area contributed by atoms with E-state index in [-0.39, 0.29) is 11.9 Å². The number of unbranched alkanes of at least 4 members (excludes halogenated alkanes) is 1. The second-order valence-electron chi connectivity index (χ2n) is 7.48. The molecule has 1 atom stereocenters.